The highest BCUT2D eigenvalue weighted by Gasteiger charge is 2.38. The van der Waals surface area contributed by atoms with Crippen molar-refractivity contribution in [2.24, 2.45) is 0 Å². The summed E-state index contributed by atoms with van der Waals surface area (Å²) in [4.78, 5) is 37.6. The molecule has 158 valence electrons. The van der Waals surface area contributed by atoms with E-state index in [4.69, 9.17) is 14.6 Å². The Morgan fingerprint density at radius 1 is 1.21 bits per heavy atom. The average molecular weight is 405 g/mol. The van der Waals surface area contributed by atoms with Gasteiger partial charge in [-0.3, -0.25) is 4.90 Å². The fourth-order valence-electron chi connectivity index (χ4n) is 4.45. The number of carbonyl (C=O) groups excluding carboxylic acids is 1. The quantitative estimate of drug-likeness (QED) is 0.728. The summed E-state index contributed by atoms with van der Waals surface area (Å²) in [6, 6.07) is 2.10. The molecule has 0 bridgehead atoms. The number of ether oxygens (including phenoxy) is 2. The minimum Gasteiger partial charge on any atom is -0.450 e. The van der Waals surface area contributed by atoms with Crippen LogP contribution in [-0.2, 0) is 9.47 Å². The van der Waals surface area contributed by atoms with Gasteiger partial charge in [0.05, 0.1) is 6.54 Å². The molecule has 0 aromatic carbocycles. The van der Waals surface area contributed by atoms with Crippen LogP contribution in [0.3, 0.4) is 0 Å². The Kier molecular flexibility index (Phi) is 5.98. The lowest BCUT2D eigenvalue weighted by molar-refractivity contribution is 0.0125. The second-order valence-corrected chi connectivity index (χ2v) is 7.83. The number of amides is 1. The number of piperidine rings is 2. The number of hydrogen-bond donors (Lipinski definition) is 1. The highest BCUT2D eigenvalue weighted by atomic mass is 16.7. The van der Waals surface area contributed by atoms with E-state index in [0.29, 0.717) is 25.9 Å². The van der Waals surface area contributed by atoms with Gasteiger partial charge in [0.2, 0.25) is 0 Å². The van der Waals surface area contributed by atoms with Crippen molar-refractivity contribution in [3.05, 3.63) is 18.6 Å². The maximum atomic E-state index is 12.4. The topological polar surface area (TPSA) is 108 Å². The lowest BCUT2D eigenvalue weighted by Crippen LogP contribution is -2.46. The summed E-state index contributed by atoms with van der Waals surface area (Å²) >= 11 is 0. The summed E-state index contributed by atoms with van der Waals surface area (Å²) in [6.07, 6.45) is 4.64. The van der Waals surface area contributed by atoms with Crippen molar-refractivity contribution in [3.8, 4) is 0 Å². The normalized spacial score (nSPS) is 24.6. The van der Waals surface area contributed by atoms with Crippen molar-refractivity contribution >= 4 is 18.1 Å². The van der Waals surface area contributed by atoms with E-state index in [1.807, 2.05) is 11.0 Å². The van der Waals surface area contributed by atoms with E-state index in [0.717, 1.165) is 44.8 Å². The van der Waals surface area contributed by atoms with Crippen LogP contribution in [0, 0.1) is 0 Å². The highest BCUT2D eigenvalue weighted by molar-refractivity contribution is 5.70. The number of cyclic esters (lactones) is 1. The summed E-state index contributed by atoms with van der Waals surface area (Å²) < 4.78 is 10.5. The van der Waals surface area contributed by atoms with E-state index < -0.39 is 6.16 Å². The Labute approximate surface area is 169 Å². The molecule has 10 nitrogen and oxygen atoms in total. The second kappa shape index (κ2) is 8.81. The number of rotatable bonds is 5. The van der Waals surface area contributed by atoms with E-state index in [2.05, 4.69) is 19.8 Å². The van der Waals surface area contributed by atoms with Gasteiger partial charge >= 0.3 is 12.2 Å². The molecule has 29 heavy (non-hydrogen) atoms. The molecule has 3 saturated heterocycles. The molecule has 4 heterocycles. The SMILES string of the molecule is O=C(O)OC1CCN(CC2CN(C3CCN(c4ccncn4)CC3)C(=O)O2)CC1. The van der Waals surface area contributed by atoms with Crippen molar-refractivity contribution in [3.63, 3.8) is 0 Å². The van der Waals surface area contributed by atoms with Gasteiger partial charge in [-0.25, -0.2) is 19.6 Å². The molecule has 3 aliphatic heterocycles. The van der Waals surface area contributed by atoms with Crippen LogP contribution in [0.1, 0.15) is 25.7 Å². The number of aromatic nitrogens is 2. The van der Waals surface area contributed by atoms with Crippen molar-refractivity contribution in [1.29, 1.82) is 0 Å². The first-order chi connectivity index (χ1) is 14.1. The van der Waals surface area contributed by atoms with Crippen LogP contribution in [-0.4, -0.2) is 94.6 Å². The smallest absolute Gasteiger partial charge is 0.450 e. The molecule has 0 aliphatic carbocycles. The van der Waals surface area contributed by atoms with E-state index >= 15 is 0 Å². The predicted molar refractivity (Wildman–Crippen MR) is 103 cm³/mol. The molecule has 1 amide bonds. The number of hydrogen-bond acceptors (Lipinski definition) is 8. The van der Waals surface area contributed by atoms with E-state index in [1.54, 1.807) is 12.5 Å². The Hall–Kier alpha value is -2.62. The van der Waals surface area contributed by atoms with Crippen molar-refractivity contribution in [1.82, 2.24) is 19.8 Å². The Morgan fingerprint density at radius 3 is 2.62 bits per heavy atom. The number of likely N-dealkylation sites (tertiary alicyclic amines) is 1. The zero-order valence-electron chi connectivity index (χ0n) is 16.4. The maximum Gasteiger partial charge on any atom is 0.506 e. The van der Waals surface area contributed by atoms with Crippen LogP contribution in [0.2, 0.25) is 0 Å². The van der Waals surface area contributed by atoms with Crippen LogP contribution >= 0.6 is 0 Å². The third kappa shape index (κ3) is 4.87. The summed E-state index contributed by atoms with van der Waals surface area (Å²) in [5.74, 6) is 0.926. The fraction of sp³-hybridized carbons (Fsp3) is 0.684. The summed E-state index contributed by atoms with van der Waals surface area (Å²) in [7, 11) is 0. The molecule has 3 aliphatic rings. The molecular weight excluding hydrogens is 378 g/mol. The van der Waals surface area contributed by atoms with Crippen LogP contribution in [0.4, 0.5) is 15.4 Å². The maximum absolute atomic E-state index is 12.4. The van der Waals surface area contributed by atoms with Gasteiger partial charge in [0.1, 0.15) is 24.4 Å². The molecule has 4 rings (SSSR count). The van der Waals surface area contributed by atoms with Gasteiger partial charge in [0, 0.05) is 45.0 Å². The molecule has 1 unspecified atom stereocenters. The molecule has 0 radical (unpaired) electrons. The van der Waals surface area contributed by atoms with Gasteiger partial charge in [0.15, 0.2) is 0 Å². The minimum absolute atomic E-state index is 0.140. The average Bonchev–Trinajstić information content (AvgIpc) is 3.10. The highest BCUT2D eigenvalue weighted by Crippen LogP contribution is 2.25. The van der Waals surface area contributed by atoms with E-state index in [1.165, 1.54) is 0 Å². The summed E-state index contributed by atoms with van der Waals surface area (Å²) in [6.45, 7) is 4.51. The van der Waals surface area contributed by atoms with Crippen molar-refractivity contribution in [2.75, 3.05) is 44.2 Å². The molecular formula is C19H27N5O5. The standard InChI is InChI=1S/C19H27N5O5/c25-18-24(14-2-9-23(10-3-14)17-1-6-20-13-21-17)12-16(28-18)11-22-7-4-15(5-8-22)29-19(26)27/h1,6,13-16H,2-5,7-12H2,(H,26,27). The molecule has 1 aromatic rings. The number of anilines is 1. The first-order valence-corrected chi connectivity index (χ1v) is 10.2. The lowest BCUT2D eigenvalue weighted by Gasteiger charge is -2.36. The van der Waals surface area contributed by atoms with Gasteiger partial charge in [0.25, 0.3) is 0 Å². The van der Waals surface area contributed by atoms with Crippen LogP contribution in [0.5, 0.6) is 0 Å². The van der Waals surface area contributed by atoms with Gasteiger partial charge in [-0.05, 0) is 31.7 Å². The second-order valence-electron chi connectivity index (χ2n) is 7.83. The molecule has 1 atom stereocenters. The minimum atomic E-state index is -1.21. The van der Waals surface area contributed by atoms with Crippen molar-refractivity contribution < 1.29 is 24.2 Å². The molecule has 1 N–H and O–H groups in total. The molecule has 0 saturated carbocycles. The molecule has 3 fully saturated rings. The zero-order chi connectivity index (χ0) is 20.2. The van der Waals surface area contributed by atoms with Gasteiger partial charge in [-0.1, -0.05) is 0 Å². The van der Waals surface area contributed by atoms with E-state index in [-0.39, 0.29) is 24.3 Å². The number of carbonyl (C=O) groups is 2. The summed E-state index contributed by atoms with van der Waals surface area (Å²) in [5.41, 5.74) is 0. The van der Waals surface area contributed by atoms with Crippen LogP contribution < -0.4 is 4.90 Å². The first-order valence-electron chi connectivity index (χ1n) is 10.2. The molecule has 0 spiro atoms. The van der Waals surface area contributed by atoms with Gasteiger partial charge in [-0.2, -0.15) is 0 Å². The third-order valence-corrected chi connectivity index (χ3v) is 5.96. The van der Waals surface area contributed by atoms with E-state index in [9.17, 15) is 9.59 Å². The van der Waals surface area contributed by atoms with Gasteiger partial charge in [-0.15, -0.1) is 0 Å². The lowest BCUT2D eigenvalue weighted by atomic mass is 10.0. The Bertz CT molecular complexity index is 704. The zero-order valence-corrected chi connectivity index (χ0v) is 16.4. The van der Waals surface area contributed by atoms with Gasteiger partial charge < -0.3 is 24.4 Å². The number of nitrogens with zero attached hydrogens (tertiary/aromatic N) is 5. The summed E-state index contributed by atoms with van der Waals surface area (Å²) in [5, 5.41) is 8.72. The van der Waals surface area contributed by atoms with Crippen LogP contribution in [0.15, 0.2) is 18.6 Å². The Balaban J connectivity index is 1.22. The van der Waals surface area contributed by atoms with Crippen LogP contribution in [0.25, 0.3) is 0 Å². The largest absolute Gasteiger partial charge is 0.506 e. The first kappa shape index (κ1) is 19.7. The monoisotopic (exact) mass is 405 g/mol. The molecule has 10 heteroatoms. The molecule has 1 aromatic heterocycles. The van der Waals surface area contributed by atoms with Crippen molar-refractivity contribution in [2.45, 2.75) is 43.9 Å². The Morgan fingerprint density at radius 2 is 1.97 bits per heavy atom. The third-order valence-electron chi connectivity index (χ3n) is 5.96. The number of carboxylic acid groups (broad SMARTS) is 1. The fourth-order valence-corrected chi connectivity index (χ4v) is 4.45. The predicted octanol–water partition coefficient (Wildman–Crippen LogP) is 1.43.